The maximum Gasteiger partial charge on any atom is 0.166 e. The zero-order chi connectivity index (χ0) is 14.3. The van der Waals surface area contributed by atoms with Gasteiger partial charge in [-0.3, -0.25) is 4.57 Å². The van der Waals surface area contributed by atoms with Crippen molar-refractivity contribution in [2.75, 3.05) is 6.61 Å². The topological polar surface area (TPSA) is 114 Å². The van der Waals surface area contributed by atoms with Crippen molar-refractivity contribution < 1.29 is 20.1 Å². The molecule has 2 aromatic heterocycles. The van der Waals surface area contributed by atoms with Crippen LogP contribution in [-0.4, -0.2) is 59.8 Å². The molecule has 0 radical (unpaired) electrons. The Bertz CT molecular complexity index is 643. The van der Waals surface area contributed by atoms with E-state index >= 15 is 0 Å². The molecule has 1 unspecified atom stereocenters. The first-order valence-corrected chi connectivity index (χ1v) is 6.09. The highest BCUT2D eigenvalue weighted by atomic mass is 16.6. The molecule has 1 aliphatic rings. The van der Waals surface area contributed by atoms with Gasteiger partial charge in [-0.2, -0.15) is 0 Å². The van der Waals surface area contributed by atoms with E-state index in [9.17, 15) is 10.2 Å². The molecular formula is C12H14N4O4. The average molecular weight is 278 g/mol. The smallest absolute Gasteiger partial charge is 0.166 e. The van der Waals surface area contributed by atoms with E-state index in [0.29, 0.717) is 16.9 Å². The van der Waals surface area contributed by atoms with Crippen molar-refractivity contribution in [3.05, 3.63) is 24.9 Å². The van der Waals surface area contributed by atoms with Crippen molar-refractivity contribution in [2.24, 2.45) is 0 Å². The fraction of sp³-hybridized carbons (Fsp3) is 0.417. The van der Waals surface area contributed by atoms with Crippen LogP contribution >= 0.6 is 0 Å². The van der Waals surface area contributed by atoms with Crippen LogP contribution in [-0.2, 0) is 4.74 Å². The lowest BCUT2D eigenvalue weighted by Gasteiger charge is -2.16. The molecule has 3 heterocycles. The van der Waals surface area contributed by atoms with Crippen LogP contribution in [0.1, 0.15) is 11.9 Å². The Morgan fingerprint density at radius 2 is 2.10 bits per heavy atom. The van der Waals surface area contributed by atoms with Gasteiger partial charge in [0.2, 0.25) is 0 Å². The summed E-state index contributed by atoms with van der Waals surface area (Å²) >= 11 is 0. The second kappa shape index (κ2) is 4.91. The van der Waals surface area contributed by atoms with Crippen molar-refractivity contribution in [3.8, 4) is 0 Å². The molecule has 0 bridgehead atoms. The normalized spacial score (nSPS) is 29.9. The van der Waals surface area contributed by atoms with Crippen LogP contribution in [0.3, 0.4) is 0 Å². The lowest BCUT2D eigenvalue weighted by atomic mass is 10.1. The van der Waals surface area contributed by atoms with Gasteiger partial charge in [-0.15, -0.1) is 0 Å². The summed E-state index contributed by atoms with van der Waals surface area (Å²) in [6.45, 7) is 3.27. The summed E-state index contributed by atoms with van der Waals surface area (Å²) in [4.78, 5) is 12.3. The quantitative estimate of drug-likeness (QED) is 0.665. The minimum absolute atomic E-state index is 0.381. The van der Waals surface area contributed by atoms with Crippen molar-refractivity contribution in [1.82, 2.24) is 19.5 Å². The van der Waals surface area contributed by atoms with Gasteiger partial charge in [0.25, 0.3) is 0 Å². The number of fused-ring (bicyclic) bond motifs is 1. The number of aliphatic hydroxyl groups excluding tert-OH is 3. The van der Waals surface area contributed by atoms with E-state index in [1.54, 1.807) is 6.08 Å². The molecule has 106 valence electrons. The third-order valence-electron chi connectivity index (χ3n) is 3.37. The number of aliphatic hydroxyl groups is 3. The standard InChI is InChI=1S/C12H14N4O4/c1-2-6-8-11(14-4-13-6)16(5-15-8)12-10(19)9(18)7(3-17)20-12/h2,4-5,7,9-10,12,17-19H,1,3H2/t7-,9-,10-,12?/m1/s1. The van der Waals surface area contributed by atoms with Crippen molar-refractivity contribution in [3.63, 3.8) is 0 Å². The van der Waals surface area contributed by atoms with Crippen LogP contribution in [0.25, 0.3) is 17.2 Å². The predicted octanol–water partition coefficient (Wildman–Crippen LogP) is -0.919. The van der Waals surface area contributed by atoms with Gasteiger partial charge in [0.15, 0.2) is 11.9 Å². The second-order valence-electron chi connectivity index (χ2n) is 4.52. The zero-order valence-electron chi connectivity index (χ0n) is 10.5. The average Bonchev–Trinajstić information content (AvgIpc) is 3.01. The summed E-state index contributed by atoms with van der Waals surface area (Å²) in [5.41, 5.74) is 1.56. The molecule has 3 N–H and O–H groups in total. The van der Waals surface area contributed by atoms with Crippen molar-refractivity contribution >= 4 is 17.2 Å². The minimum atomic E-state index is -1.17. The number of rotatable bonds is 3. The van der Waals surface area contributed by atoms with Crippen LogP contribution in [0.5, 0.6) is 0 Å². The molecule has 0 amide bonds. The first-order valence-electron chi connectivity index (χ1n) is 6.09. The molecule has 2 aromatic rings. The summed E-state index contributed by atoms with van der Waals surface area (Å²) in [5, 5.41) is 28.9. The van der Waals surface area contributed by atoms with E-state index < -0.39 is 24.5 Å². The molecule has 1 fully saturated rings. The molecule has 0 saturated carbocycles. The largest absolute Gasteiger partial charge is 0.394 e. The summed E-state index contributed by atoms with van der Waals surface area (Å²) in [6.07, 6.45) is 0.326. The van der Waals surface area contributed by atoms with Gasteiger partial charge in [-0.25, -0.2) is 15.0 Å². The van der Waals surface area contributed by atoms with Crippen LogP contribution < -0.4 is 0 Å². The fourth-order valence-electron chi connectivity index (χ4n) is 2.32. The number of hydrogen-bond donors (Lipinski definition) is 3. The first kappa shape index (κ1) is 13.1. The SMILES string of the molecule is C=Cc1ncnc2c1ncn2C1O[C@H](CO)[C@@H](O)[C@H]1O. The lowest BCUT2D eigenvalue weighted by molar-refractivity contribution is -0.0511. The summed E-state index contributed by atoms with van der Waals surface area (Å²) in [5.74, 6) is 0. The second-order valence-corrected chi connectivity index (χ2v) is 4.52. The van der Waals surface area contributed by atoms with E-state index in [1.165, 1.54) is 17.2 Å². The lowest BCUT2D eigenvalue weighted by Crippen LogP contribution is -2.33. The van der Waals surface area contributed by atoms with Gasteiger partial charge in [0.1, 0.15) is 30.2 Å². The van der Waals surface area contributed by atoms with Gasteiger partial charge >= 0.3 is 0 Å². The molecule has 1 saturated heterocycles. The van der Waals surface area contributed by atoms with E-state index in [2.05, 4.69) is 21.5 Å². The van der Waals surface area contributed by atoms with Crippen LogP contribution in [0.4, 0.5) is 0 Å². The highest BCUT2D eigenvalue weighted by Crippen LogP contribution is 2.31. The third kappa shape index (κ3) is 1.81. The maximum atomic E-state index is 10.0. The summed E-state index contributed by atoms with van der Waals surface area (Å²) < 4.78 is 6.96. The number of imidazole rings is 1. The first-order chi connectivity index (χ1) is 9.67. The minimum Gasteiger partial charge on any atom is -0.394 e. The summed E-state index contributed by atoms with van der Waals surface area (Å²) in [6, 6.07) is 0. The third-order valence-corrected chi connectivity index (χ3v) is 3.37. The Kier molecular flexibility index (Phi) is 3.22. The molecule has 20 heavy (non-hydrogen) atoms. The number of hydrogen-bond acceptors (Lipinski definition) is 7. The molecule has 8 nitrogen and oxygen atoms in total. The highest BCUT2D eigenvalue weighted by Gasteiger charge is 2.43. The molecule has 0 aliphatic carbocycles. The van der Waals surface area contributed by atoms with Crippen molar-refractivity contribution in [2.45, 2.75) is 24.5 Å². The van der Waals surface area contributed by atoms with Gasteiger partial charge in [0.05, 0.1) is 18.6 Å². The Morgan fingerprint density at radius 1 is 1.30 bits per heavy atom. The Morgan fingerprint density at radius 3 is 2.75 bits per heavy atom. The van der Waals surface area contributed by atoms with Gasteiger partial charge < -0.3 is 20.1 Å². The van der Waals surface area contributed by atoms with E-state index in [-0.39, 0.29) is 6.61 Å². The maximum absolute atomic E-state index is 10.0. The Hall–Kier alpha value is -1.87. The van der Waals surface area contributed by atoms with Crippen molar-refractivity contribution in [1.29, 1.82) is 0 Å². The van der Waals surface area contributed by atoms with Crippen LogP contribution in [0.15, 0.2) is 19.2 Å². The molecule has 4 atom stereocenters. The molecular weight excluding hydrogens is 264 g/mol. The molecule has 3 rings (SSSR count). The molecule has 0 spiro atoms. The van der Waals surface area contributed by atoms with E-state index in [4.69, 9.17) is 9.84 Å². The number of nitrogens with zero attached hydrogens (tertiary/aromatic N) is 4. The van der Waals surface area contributed by atoms with Crippen LogP contribution in [0.2, 0.25) is 0 Å². The van der Waals surface area contributed by atoms with Gasteiger partial charge in [-0.05, 0) is 6.08 Å². The number of ether oxygens (including phenoxy) is 1. The Balaban J connectivity index is 2.05. The van der Waals surface area contributed by atoms with Crippen LogP contribution in [0, 0.1) is 0 Å². The molecule has 1 aliphatic heterocycles. The number of aromatic nitrogens is 4. The molecule has 8 heteroatoms. The predicted molar refractivity (Wildman–Crippen MR) is 68.4 cm³/mol. The zero-order valence-corrected chi connectivity index (χ0v) is 10.5. The van der Waals surface area contributed by atoms with Gasteiger partial charge in [0, 0.05) is 0 Å². The fourth-order valence-corrected chi connectivity index (χ4v) is 2.32. The summed E-state index contributed by atoms with van der Waals surface area (Å²) in [7, 11) is 0. The Labute approximate surface area is 114 Å². The van der Waals surface area contributed by atoms with E-state index in [0.717, 1.165) is 0 Å². The molecule has 0 aromatic carbocycles. The monoisotopic (exact) mass is 278 g/mol. The van der Waals surface area contributed by atoms with Gasteiger partial charge in [-0.1, -0.05) is 6.58 Å². The highest BCUT2D eigenvalue weighted by molar-refractivity contribution is 5.79. The van der Waals surface area contributed by atoms with E-state index in [1.807, 2.05) is 0 Å².